The zero-order chi connectivity index (χ0) is 9.89. The third-order valence-electron chi connectivity index (χ3n) is 1.43. The molecule has 0 aliphatic heterocycles. The van der Waals surface area contributed by atoms with Crippen molar-refractivity contribution in [1.82, 2.24) is 0 Å². The van der Waals surface area contributed by atoms with Gasteiger partial charge in [0, 0.05) is 10.6 Å². The number of rotatable bonds is 3. The molecule has 0 spiro atoms. The lowest BCUT2D eigenvalue weighted by molar-refractivity contribution is -0.139. The van der Waals surface area contributed by atoms with Crippen LogP contribution in [-0.4, -0.2) is 22.2 Å². The van der Waals surface area contributed by atoms with E-state index in [1.165, 1.54) is 13.8 Å². The van der Waals surface area contributed by atoms with Crippen LogP contribution in [0, 0.1) is 5.92 Å². The molecule has 0 fully saturated rings. The van der Waals surface area contributed by atoms with Crippen LogP contribution in [0.4, 0.5) is 0 Å². The van der Waals surface area contributed by atoms with Crippen LogP contribution in [-0.2, 0) is 9.59 Å². The fourth-order valence-corrected chi connectivity index (χ4v) is 0.709. The summed E-state index contributed by atoms with van der Waals surface area (Å²) in [6, 6.07) is 0. The van der Waals surface area contributed by atoms with Crippen molar-refractivity contribution in [3.8, 4) is 0 Å². The van der Waals surface area contributed by atoms with E-state index in [2.05, 4.69) is 0 Å². The monoisotopic (exact) mass is 192 g/mol. The second kappa shape index (κ2) is 4.11. The van der Waals surface area contributed by atoms with Crippen molar-refractivity contribution in [1.29, 1.82) is 0 Å². The number of carboxylic acids is 2. The first-order valence-corrected chi connectivity index (χ1v) is 3.58. The summed E-state index contributed by atoms with van der Waals surface area (Å²) in [5.41, 5.74) is -0.133. The highest BCUT2D eigenvalue weighted by Crippen LogP contribution is 2.19. The summed E-state index contributed by atoms with van der Waals surface area (Å²) >= 11 is 5.49. The number of hydrogen-bond acceptors (Lipinski definition) is 2. The molecule has 0 radical (unpaired) electrons. The fraction of sp³-hybridized carbons (Fsp3) is 0.429. The topological polar surface area (TPSA) is 74.6 Å². The van der Waals surface area contributed by atoms with Crippen LogP contribution in [0.15, 0.2) is 10.6 Å². The first-order chi connectivity index (χ1) is 5.37. The third-order valence-corrected chi connectivity index (χ3v) is 2.04. The normalized spacial score (nSPS) is 14.9. The Labute approximate surface area is 74.5 Å². The van der Waals surface area contributed by atoms with E-state index in [1.54, 1.807) is 0 Å². The van der Waals surface area contributed by atoms with Crippen molar-refractivity contribution >= 4 is 23.5 Å². The van der Waals surface area contributed by atoms with Gasteiger partial charge in [0.05, 0.1) is 5.92 Å². The molecule has 0 saturated carbocycles. The molecule has 12 heavy (non-hydrogen) atoms. The quantitative estimate of drug-likeness (QED) is 0.661. The molecule has 4 nitrogen and oxygen atoms in total. The van der Waals surface area contributed by atoms with Gasteiger partial charge in [0.1, 0.15) is 0 Å². The second-order valence-electron chi connectivity index (χ2n) is 2.34. The minimum Gasteiger partial charge on any atom is -0.481 e. The number of carboxylic acid groups (broad SMARTS) is 2. The van der Waals surface area contributed by atoms with Gasteiger partial charge in [-0.2, -0.15) is 0 Å². The van der Waals surface area contributed by atoms with Gasteiger partial charge >= 0.3 is 11.9 Å². The summed E-state index contributed by atoms with van der Waals surface area (Å²) < 4.78 is 0. The van der Waals surface area contributed by atoms with Crippen molar-refractivity contribution < 1.29 is 19.8 Å². The van der Waals surface area contributed by atoms with Gasteiger partial charge in [-0.25, -0.2) is 4.79 Å². The zero-order valence-electron chi connectivity index (χ0n) is 6.67. The molecular formula is C7H9ClO4. The van der Waals surface area contributed by atoms with Crippen LogP contribution in [0.1, 0.15) is 13.8 Å². The van der Waals surface area contributed by atoms with Gasteiger partial charge in [-0.15, -0.1) is 0 Å². The Morgan fingerprint density at radius 1 is 1.33 bits per heavy atom. The van der Waals surface area contributed by atoms with Crippen LogP contribution in [0.3, 0.4) is 0 Å². The van der Waals surface area contributed by atoms with Gasteiger partial charge in [-0.05, 0) is 13.8 Å². The van der Waals surface area contributed by atoms with Gasteiger partial charge in [-0.1, -0.05) is 11.6 Å². The van der Waals surface area contributed by atoms with Crippen LogP contribution in [0.25, 0.3) is 0 Å². The molecule has 0 aromatic heterocycles. The highest BCUT2D eigenvalue weighted by Gasteiger charge is 2.19. The molecule has 0 rings (SSSR count). The standard InChI is InChI=1S/C7H9ClO4/c1-3(6(9)10)5(8)4(2)7(11)12/h3H,1-2H3,(H,9,10)(H,11,12). The van der Waals surface area contributed by atoms with Crippen molar-refractivity contribution in [2.24, 2.45) is 5.92 Å². The molecule has 1 atom stereocenters. The number of hydrogen-bond donors (Lipinski definition) is 2. The number of aliphatic carboxylic acids is 2. The minimum absolute atomic E-state index is 0.133. The molecule has 0 aliphatic rings. The Balaban J connectivity index is 4.78. The highest BCUT2D eigenvalue weighted by atomic mass is 35.5. The Bertz CT molecular complexity index is 244. The summed E-state index contributed by atoms with van der Waals surface area (Å²) in [7, 11) is 0. The van der Waals surface area contributed by atoms with Crippen LogP contribution in [0.5, 0.6) is 0 Å². The molecule has 0 saturated heterocycles. The molecule has 0 aromatic rings. The van der Waals surface area contributed by atoms with Crippen LogP contribution < -0.4 is 0 Å². The average molecular weight is 193 g/mol. The SMILES string of the molecule is CC(C(=O)O)=C(Cl)C(C)C(=O)O. The van der Waals surface area contributed by atoms with Gasteiger partial charge in [0.2, 0.25) is 0 Å². The lowest BCUT2D eigenvalue weighted by Crippen LogP contribution is -2.12. The fourth-order valence-electron chi connectivity index (χ4n) is 0.535. The Morgan fingerprint density at radius 2 is 1.75 bits per heavy atom. The maximum absolute atomic E-state index is 10.4. The van der Waals surface area contributed by atoms with Crippen LogP contribution in [0.2, 0.25) is 0 Å². The van der Waals surface area contributed by atoms with Gasteiger partial charge in [0.15, 0.2) is 0 Å². The average Bonchev–Trinajstić information content (AvgIpc) is 2.00. The Morgan fingerprint density at radius 3 is 2.00 bits per heavy atom. The van der Waals surface area contributed by atoms with E-state index in [4.69, 9.17) is 21.8 Å². The lowest BCUT2D eigenvalue weighted by atomic mass is 10.1. The van der Waals surface area contributed by atoms with E-state index in [0.29, 0.717) is 0 Å². The van der Waals surface area contributed by atoms with Crippen molar-refractivity contribution in [3.63, 3.8) is 0 Å². The molecule has 68 valence electrons. The predicted molar refractivity (Wildman–Crippen MR) is 43.0 cm³/mol. The molecule has 2 N–H and O–H groups in total. The highest BCUT2D eigenvalue weighted by molar-refractivity contribution is 6.33. The summed E-state index contributed by atoms with van der Waals surface area (Å²) in [6.07, 6.45) is 0. The van der Waals surface area contributed by atoms with E-state index in [-0.39, 0.29) is 10.6 Å². The summed E-state index contributed by atoms with van der Waals surface area (Å²) in [5, 5.41) is 16.8. The van der Waals surface area contributed by atoms with Gasteiger partial charge < -0.3 is 10.2 Å². The predicted octanol–water partition coefficient (Wildman–Crippen LogP) is 1.30. The Kier molecular flexibility index (Phi) is 3.76. The number of halogens is 1. The molecule has 0 amide bonds. The third kappa shape index (κ3) is 2.54. The molecule has 0 bridgehead atoms. The molecule has 1 unspecified atom stereocenters. The van der Waals surface area contributed by atoms with E-state index in [1.807, 2.05) is 0 Å². The first kappa shape index (κ1) is 11.0. The van der Waals surface area contributed by atoms with Crippen molar-refractivity contribution in [2.45, 2.75) is 13.8 Å². The van der Waals surface area contributed by atoms with Gasteiger partial charge in [0.25, 0.3) is 0 Å². The second-order valence-corrected chi connectivity index (χ2v) is 2.75. The molecule has 0 heterocycles. The summed E-state index contributed by atoms with van der Waals surface area (Å²) in [5.74, 6) is -3.31. The van der Waals surface area contributed by atoms with Gasteiger partial charge in [-0.3, -0.25) is 4.79 Å². The summed E-state index contributed by atoms with van der Waals surface area (Å²) in [4.78, 5) is 20.7. The number of carbonyl (C=O) groups is 2. The molecular weight excluding hydrogens is 184 g/mol. The van der Waals surface area contributed by atoms with E-state index >= 15 is 0 Å². The van der Waals surface area contributed by atoms with E-state index < -0.39 is 17.9 Å². The summed E-state index contributed by atoms with van der Waals surface area (Å²) in [6.45, 7) is 2.60. The minimum atomic E-state index is -1.20. The van der Waals surface area contributed by atoms with E-state index in [9.17, 15) is 9.59 Å². The van der Waals surface area contributed by atoms with Crippen LogP contribution >= 0.6 is 11.6 Å². The maximum atomic E-state index is 10.4. The smallest absolute Gasteiger partial charge is 0.332 e. The molecule has 0 aromatic carbocycles. The largest absolute Gasteiger partial charge is 0.481 e. The van der Waals surface area contributed by atoms with Crippen molar-refractivity contribution in [3.05, 3.63) is 10.6 Å². The molecule has 0 aliphatic carbocycles. The zero-order valence-corrected chi connectivity index (χ0v) is 7.42. The maximum Gasteiger partial charge on any atom is 0.332 e. The van der Waals surface area contributed by atoms with Crippen molar-refractivity contribution in [2.75, 3.05) is 0 Å². The first-order valence-electron chi connectivity index (χ1n) is 3.20. The molecule has 5 heteroatoms. The van der Waals surface area contributed by atoms with E-state index in [0.717, 1.165) is 0 Å². The lowest BCUT2D eigenvalue weighted by Gasteiger charge is -2.05. The Hall–Kier alpha value is -1.03.